The minimum Gasteiger partial charge on any atom is -0.322 e. The van der Waals surface area contributed by atoms with Gasteiger partial charge >= 0.3 is 0 Å². The molecule has 3 amide bonds. The zero-order valence-corrected chi connectivity index (χ0v) is 15.9. The molecule has 3 heterocycles. The highest BCUT2D eigenvalue weighted by Gasteiger charge is 2.39. The minimum absolute atomic E-state index is 0.162. The summed E-state index contributed by atoms with van der Waals surface area (Å²) in [6.07, 6.45) is 2.41. The van der Waals surface area contributed by atoms with Gasteiger partial charge in [0.15, 0.2) is 0 Å². The highest BCUT2D eigenvalue weighted by molar-refractivity contribution is 6.05. The molecule has 0 spiro atoms. The molecule has 1 aromatic carbocycles. The Labute approximate surface area is 163 Å². The quantitative estimate of drug-likeness (QED) is 0.817. The Morgan fingerprint density at radius 1 is 1.18 bits per heavy atom. The summed E-state index contributed by atoms with van der Waals surface area (Å²) in [6, 6.07) is 9.12. The van der Waals surface area contributed by atoms with Gasteiger partial charge in [0.25, 0.3) is 5.91 Å². The van der Waals surface area contributed by atoms with Crippen LogP contribution < -0.4 is 5.32 Å². The molecule has 1 N–H and O–H groups in total. The molecule has 4 rings (SSSR count). The number of carbonyl (C=O) groups excluding carboxylic acids is 3. The number of fused-ring (bicyclic) bond motifs is 1. The van der Waals surface area contributed by atoms with Gasteiger partial charge in [-0.15, -0.1) is 0 Å². The Morgan fingerprint density at radius 2 is 2.00 bits per heavy atom. The smallest absolute Gasteiger partial charge is 0.255 e. The summed E-state index contributed by atoms with van der Waals surface area (Å²) in [6.45, 7) is 1.19. The number of hydrogen-bond donors (Lipinski definition) is 1. The molecule has 28 heavy (non-hydrogen) atoms. The molecule has 0 saturated carbocycles. The van der Waals surface area contributed by atoms with Crippen molar-refractivity contribution in [2.45, 2.75) is 32.0 Å². The van der Waals surface area contributed by atoms with Crippen molar-refractivity contribution >= 4 is 17.7 Å². The first-order valence-electron chi connectivity index (χ1n) is 9.30. The molecular formula is C21H22N4O3. The molecule has 0 aliphatic carbocycles. The number of aromatic nitrogens is 1. The maximum atomic E-state index is 12.8. The molecule has 2 aliphatic rings. The van der Waals surface area contributed by atoms with Crippen molar-refractivity contribution < 1.29 is 14.4 Å². The number of carbonyl (C=O) groups is 3. The maximum Gasteiger partial charge on any atom is 0.255 e. The number of piperidine rings is 1. The third-order valence-corrected chi connectivity index (χ3v) is 5.14. The Kier molecular flexibility index (Phi) is 4.68. The van der Waals surface area contributed by atoms with Gasteiger partial charge in [-0.1, -0.05) is 6.07 Å². The molecule has 1 aromatic heterocycles. The lowest BCUT2D eigenvalue weighted by Crippen LogP contribution is -2.52. The average molecular weight is 378 g/mol. The summed E-state index contributed by atoms with van der Waals surface area (Å²) >= 11 is 0. The first kappa shape index (κ1) is 18.3. The molecule has 2 aliphatic heterocycles. The third kappa shape index (κ3) is 3.41. The molecule has 0 bridgehead atoms. The lowest BCUT2D eigenvalue weighted by Gasteiger charge is -2.29. The van der Waals surface area contributed by atoms with Crippen LogP contribution in [0.3, 0.4) is 0 Å². The second-order valence-electron chi connectivity index (χ2n) is 7.56. The number of rotatable bonds is 4. The Hall–Kier alpha value is -3.06. The maximum absolute atomic E-state index is 12.8. The van der Waals surface area contributed by atoms with Crippen molar-refractivity contribution in [3.63, 3.8) is 0 Å². The monoisotopic (exact) mass is 378 g/mol. The van der Waals surface area contributed by atoms with Crippen LogP contribution in [0.1, 0.15) is 34.3 Å². The number of nitrogens with zero attached hydrogens (tertiary/aromatic N) is 3. The van der Waals surface area contributed by atoms with Gasteiger partial charge in [0.1, 0.15) is 6.04 Å². The van der Waals surface area contributed by atoms with Gasteiger partial charge in [-0.05, 0) is 55.9 Å². The zero-order valence-electron chi connectivity index (χ0n) is 15.9. The normalized spacial score (nSPS) is 19.2. The van der Waals surface area contributed by atoms with E-state index in [0.717, 1.165) is 28.9 Å². The van der Waals surface area contributed by atoms with Gasteiger partial charge in [0.2, 0.25) is 11.8 Å². The first-order valence-corrected chi connectivity index (χ1v) is 9.30. The number of pyridine rings is 1. The largest absolute Gasteiger partial charge is 0.322 e. The molecule has 2 aromatic rings. The number of amides is 3. The van der Waals surface area contributed by atoms with Crippen LogP contribution in [0.5, 0.6) is 0 Å². The van der Waals surface area contributed by atoms with Gasteiger partial charge in [0.05, 0.1) is 5.69 Å². The van der Waals surface area contributed by atoms with Gasteiger partial charge < -0.3 is 9.80 Å². The minimum atomic E-state index is -0.595. The predicted octanol–water partition coefficient (Wildman–Crippen LogP) is 1.57. The van der Waals surface area contributed by atoms with Crippen LogP contribution in [0, 0.1) is 0 Å². The molecule has 144 valence electrons. The standard InChI is InChI=1S/C21H22N4O3/c1-24(2)11-13-7-8-22-17(9-13)14-3-4-16-15(10-14)12-25(21(16)28)18-5-6-19(26)23-20(18)27/h3-4,7-10,18H,5-6,11-12H2,1-2H3,(H,23,26,27). The summed E-state index contributed by atoms with van der Waals surface area (Å²) in [5.74, 6) is -0.836. The van der Waals surface area contributed by atoms with Crippen LogP contribution in [0.2, 0.25) is 0 Å². The van der Waals surface area contributed by atoms with E-state index in [2.05, 4.69) is 21.3 Å². The molecule has 1 atom stereocenters. The van der Waals surface area contributed by atoms with Crippen molar-refractivity contribution in [1.82, 2.24) is 20.1 Å². The topological polar surface area (TPSA) is 82.6 Å². The lowest BCUT2D eigenvalue weighted by atomic mass is 10.0. The van der Waals surface area contributed by atoms with Crippen molar-refractivity contribution in [2.75, 3.05) is 14.1 Å². The van der Waals surface area contributed by atoms with Gasteiger partial charge in [-0.3, -0.25) is 24.7 Å². The van der Waals surface area contributed by atoms with E-state index < -0.39 is 11.9 Å². The van der Waals surface area contributed by atoms with E-state index in [1.807, 2.05) is 32.3 Å². The van der Waals surface area contributed by atoms with Crippen molar-refractivity contribution in [3.05, 3.63) is 53.2 Å². The van der Waals surface area contributed by atoms with E-state index in [1.165, 1.54) is 0 Å². The van der Waals surface area contributed by atoms with Crippen LogP contribution in [-0.4, -0.2) is 52.6 Å². The molecule has 7 nitrogen and oxygen atoms in total. The molecule has 7 heteroatoms. The number of imide groups is 1. The molecule has 0 radical (unpaired) electrons. The van der Waals surface area contributed by atoms with Crippen molar-refractivity contribution in [2.24, 2.45) is 0 Å². The van der Waals surface area contributed by atoms with Crippen LogP contribution in [-0.2, 0) is 22.7 Å². The molecule has 1 unspecified atom stereocenters. The molecular weight excluding hydrogens is 356 g/mol. The summed E-state index contributed by atoms with van der Waals surface area (Å²) in [7, 11) is 4.04. The first-order chi connectivity index (χ1) is 13.4. The van der Waals surface area contributed by atoms with E-state index >= 15 is 0 Å². The summed E-state index contributed by atoms with van der Waals surface area (Å²) < 4.78 is 0. The molecule has 1 fully saturated rings. The summed E-state index contributed by atoms with van der Waals surface area (Å²) in [5, 5.41) is 2.33. The van der Waals surface area contributed by atoms with E-state index in [-0.39, 0.29) is 18.2 Å². The fourth-order valence-corrected chi connectivity index (χ4v) is 3.83. The SMILES string of the molecule is CN(C)Cc1ccnc(-c2ccc3c(c2)CN(C2CCC(=O)NC2=O)C3=O)c1. The number of benzene rings is 1. The van der Waals surface area contributed by atoms with Gasteiger partial charge in [0, 0.05) is 36.8 Å². The van der Waals surface area contributed by atoms with Gasteiger partial charge in [-0.2, -0.15) is 0 Å². The van der Waals surface area contributed by atoms with Gasteiger partial charge in [-0.25, -0.2) is 0 Å². The van der Waals surface area contributed by atoms with Crippen molar-refractivity contribution in [3.8, 4) is 11.3 Å². The van der Waals surface area contributed by atoms with E-state index in [1.54, 1.807) is 17.2 Å². The van der Waals surface area contributed by atoms with Crippen LogP contribution >= 0.6 is 0 Å². The fraction of sp³-hybridized carbons (Fsp3) is 0.333. The number of hydrogen-bond acceptors (Lipinski definition) is 5. The zero-order chi connectivity index (χ0) is 19.8. The van der Waals surface area contributed by atoms with E-state index in [9.17, 15) is 14.4 Å². The van der Waals surface area contributed by atoms with E-state index in [0.29, 0.717) is 18.5 Å². The summed E-state index contributed by atoms with van der Waals surface area (Å²) in [4.78, 5) is 44.5. The highest BCUT2D eigenvalue weighted by Crippen LogP contribution is 2.30. The summed E-state index contributed by atoms with van der Waals surface area (Å²) in [5.41, 5.74) is 4.45. The average Bonchev–Trinajstić information content (AvgIpc) is 2.97. The lowest BCUT2D eigenvalue weighted by molar-refractivity contribution is -0.136. The third-order valence-electron chi connectivity index (χ3n) is 5.14. The van der Waals surface area contributed by atoms with E-state index in [4.69, 9.17) is 0 Å². The number of nitrogens with one attached hydrogen (secondary N) is 1. The van der Waals surface area contributed by atoms with Crippen LogP contribution in [0.15, 0.2) is 36.5 Å². The van der Waals surface area contributed by atoms with Crippen LogP contribution in [0.4, 0.5) is 0 Å². The second kappa shape index (κ2) is 7.16. The Balaban J connectivity index is 1.59. The Bertz CT molecular complexity index is 970. The highest BCUT2D eigenvalue weighted by atomic mass is 16.2. The molecule has 1 saturated heterocycles. The predicted molar refractivity (Wildman–Crippen MR) is 103 cm³/mol. The van der Waals surface area contributed by atoms with Crippen molar-refractivity contribution in [1.29, 1.82) is 0 Å². The Morgan fingerprint density at radius 3 is 2.75 bits per heavy atom. The fourth-order valence-electron chi connectivity index (χ4n) is 3.83. The van der Waals surface area contributed by atoms with Crippen LogP contribution in [0.25, 0.3) is 11.3 Å². The second-order valence-corrected chi connectivity index (χ2v) is 7.56.